The van der Waals surface area contributed by atoms with E-state index in [2.05, 4.69) is 10.6 Å². The largest absolute Gasteiger partial charge is 0.396 e. The molecule has 26 heavy (non-hydrogen) atoms. The van der Waals surface area contributed by atoms with Crippen LogP contribution < -0.4 is 10.6 Å². The third kappa shape index (κ3) is 5.86. The summed E-state index contributed by atoms with van der Waals surface area (Å²) in [6, 6.07) is 14.9. The molecule has 0 aliphatic carbocycles. The quantitative estimate of drug-likeness (QED) is 0.651. The highest BCUT2D eigenvalue weighted by atomic mass is 35.5. The molecule has 2 rings (SSSR count). The predicted octanol–water partition coefficient (Wildman–Crippen LogP) is 3.26. The zero-order valence-electron chi connectivity index (χ0n) is 14.7. The maximum atomic E-state index is 12.0. The lowest BCUT2D eigenvalue weighted by Gasteiger charge is -2.16. The Hall–Kier alpha value is -2.37. The van der Waals surface area contributed by atoms with E-state index in [1.165, 1.54) is 0 Å². The fourth-order valence-corrected chi connectivity index (χ4v) is 2.84. The van der Waals surface area contributed by atoms with Crippen molar-refractivity contribution >= 4 is 29.1 Å². The van der Waals surface area contributed by atoms with Crippen LogP contribution in [0.5, 0.6) is 0 Å². The number of aliphatic hydroxyl groups is 1. The summed E-state index contributed by atoms with van der Waals surface area (Å²) in [5, 5.41) is 14.9. The maximum absolute atomic E-state index is 12.0. The van der Waals surface area contributed by atoms with Gasteiger partial charge in [0.1, 0.15) is 0 Å². The van der Waals surface area contributed by atoms with Gasteiger partial charge in [0, 0.05) is 23.9 Å². The molecule has 0 saturated heterocycles. The second kappa shape index (κ2) is 9.94. The Morgan fingerprint density at radius 1 is 1.08 bits per heavy atom. The van der Waals surface area contributed by atoms with Gasteiger partial charge in [-0.1, -0.05) is 48.0 Å². The van der Waals surface area contributed by atoms with Crippen molar-refractivity contribution in [2.45, 2.75) is 25.7 Å². The van der Waals surface area contributed by atoms with E-state index >= 15 is 0 Å². The number of aliphatic hydroxyl groups excluding tert-OH is 1. The predicted molar refractivity (Wildman–Crippen MR) is 103 cm³/mol. The molecule has 1 unspecified atom stereocenters. The molecule has 2 amide bonds. The van der Waals surface area contributed by atoms with Gasteiger partial charge in [0.2, 0.25) is 0 Å². The summed E-state index contributed by atoms with van der Waals surface area (Å²) in [7, 11) is 0. The van der Waals surface area contributed by atoms with E-state index in [0.29, 0.717) is 30.1 Å². The average molecular weight is 375 g/mol. The van der Waals surface area contributed by atoms with Crippen molar-refractivity contribution in [3.63, 3.8) is 0 Å². The van der Waals surface area contributed by atoms with Gasteiger partial charge in [0.25, 0.3) is 0 Å². The van der Waals surface area contributed by atoms with Crippen molar-refractivity contribution in [3.8, 4) is 0 Å². The highest BCUT2D eigenvalue weighted by molar-refractivity contribution is 6.39. The lowest BCUT2D eigenvalue weighted by molar-refractivity contribution is -0.136. The fraction of sp³-hybridized carbons (Fsp3) is 0.300. The molecule has 0 spiro atoms. The summed E-state index contributed by atoms with van der Waals surface area (Å²) in [6.07, 6.45) is 1.24. The molecule has 5 nitrogen and oxygen atoms in total. The van der Waals surface area contributed by atoms with Gasteiger partial charge in [0.15, 0.2) is 0 Å². The molecule has 0 bridgehead atoms. The Bertz CT molecular complexity index is 750. The van der Waals surface area contributed by atoms with Crippen LogP contribution in [0.3, 0.4) is 0 Å². The Morgan fingerprint density at radius 2 is 1.81 bits per heavy atom. The number of halogens is 1. The molecular formula is C20H23ClN2O3. The molecule has 0 heterocycles. The first-order valence-electron chi connectivity index (χ1n) is 8.52. The molecule has 3 N–H and O–H groups in total. The number of aryl methyl sites for hydroxylation is 1. The zero-order valence-corrected chi connectivity index (χ0v) is 15.4. The molecule has 0 fully saturated rings. The first-order chi connectivity index (χ1) is 12.5. The zero-order chi connectivity index (χ0) is 18.9. The standard InChI is InChI=1S/C20H23ClN2O3/c1-14-7-8-17(13-18(14)21)23-20(26)19(25)22-11-9-16(10-12-24)15-5-3-2-4-6-15/h2-8,13,16,24H,9-12H2,1H3,(H,22,25)(H,23,26). The van der Waals surface area contributed by atoms with Crippen molar-refractivity contribution in [2.24, 2.45) is 0 Å². The van der Waals surface area contributed by atoms with Crippen molar-refractivity contribution < 1.29 is 14.7 Å². The average Bonchev–Trinajstić information content (AvgIpc) is 2.64. The van der Waals surface area contributed by atoms with Crippen LogP contribution in [-0.4, -0.2) is 30.1 Å². The van der Waals surface area contributed by atoms with Crippen molar-refractivity contribution in [1.82, 2.24) is 5.32 Å². The van der Waals surface area contributed by atoms with E-state index in [1.54, 1.807) is 18.2 Å². The fourth-order valence-electron chi connectivity index (χ4n) is 2.66. The van der Waals surface area contributed by atoms with Gasteiger partial charge in [-0.05, 0) is 48.9 Å². The van der Waals surface area contributed by atoms with Gasteiger partial charge in [-0.15, -0.1) is 0 Å². The summed E-state index contributed by atoms with van der Waals surface area (Å²) in [4.78, 5) is 23.9. The Balaban J connectivity index is 1.84. The van der Waals surface area contributed by atoms with Crippen LogP contribution >= 0.6 is 11.6 Å². The van der Waals surface area contributed by atoms with E-state index < -0.39 is 11.8 Å². The molecule has 0 saturated carbocycles. The lowest BCUT2D eigenvalue weighted by atomic mass is 9.93. The number of hydrogen-bond acceptors (Lipinski definition) is 3. The Morgan fingerprint density at radius 3 is 2.46 bits per heavy atom. The minimum atomic E-state index is -0.733. The maximum Gasteiger partial charge on any atom is 0.313 e. The van der Waals surface area contributed by atoms with Gasteiger partial charge in [-0.25, -0.2) is 0 Å². The van der Waals surface area contributed by atoms with Crippen molar-refractivity contribution in [1.29, 1.82) is 0 Å². The van der Waals surface area contributed by atoms with Crippen LogP contribution in [0.15, 0.2) is 48.5 Å². The Labute approximate surface area is 158 Å². The van der Waals surface area contributed by atoms with E-state index in [-0.39, 0.29) is 12.5 Å². The van der Waals surface area contributed by atoms with Crippen LogP contribution in [-0.2, 0) is 9.59 Å². The first-order valence-corrected chi connectivity index (χ1v) is 8.90. The number of rotatable bonds is 7. The smallest absolute Gasteiger partial charge is 0.313 e. The van der Waals surface area contributed by atoms with E-state index in [4.69, 9.17) is 11.6 Å². The molecular weight excluding hydrogens is 352 g/mol. The molecule has 1 atom stereocenters. The second-order valence-corrected chi connectivity index (χ2v) is 6.49. The van der Waals surface area contributed by atoms with Crippen LogP contribution in [0.25, 0.3) is 0 Å². The molecule has 2 aromatic carbocycles. The minimum Gasteiger partial charge on any atom is -0.396 e. The molecule has 6 heteroatoms. The number of nitrogens with one attached hydrogen (secondary N) is 2. The highest BCUT2D eigenvalue weighted by Crippen LogP contribution is 2.22. The normalized spacial score (nSPS) is 11.7. The molecule has 0 aromatic heterocycles. The number of benzene rings is 2. The van der Waals surface area contributed by atoms with Crippen molar-refractivity contribution in [2.75, 3.05) is 18.5 Å². The summed E-state index contributed by atoms with van der Waals surface area (Å²) >= 11 is 6.01. The molecule has 138 valence electrons. The summed E-state index contributed by atoms with van der Waals surface area (Å²) < 4.78 is 0. The van der Waals surface area contributed by atoms with Gasteiger partial charge in [0.05, 0.1) is 0 Å². The third-order valence-corrected chi connectivity index (χ3v) is 4.57. The van der Waals surface area contributed by atoms with Crippen LogP contribution in [0.2, 0.25) is 5.02 Å². The Kier molecular flexibility index (Phi) is 7.63. The highest BCUT2D eigenvalue weighted by Gasteiger charge is 2.16. The SMILES string of the molecule is Cc1ccc(NC(=O)C(=O)NCCC(CCO)c2ccccc2)cc1Cl. The number of hydrogen-bond donors (Lipinski definition) is 3. The lowest BCUT2D eigenvalue weighted by Crippen LogP contribution is -2.36. The van der Waals surface area contributed by atoms with Crippen LogP contribution in [0.1, 0.15) is 29.9 Å². The molecule has 0 radical (unpaired) electrons. The second-order valence-electron chi connectivity index (χ2n) is 6.08. The van der Waals surface area contributed by atoms with E-state index in [1.807, 2.05) is 37.3 Å². The first kappa shape index (κ1) is 19.9. The number of carbonyl (C=O) groups is 2. The molecule has 2 aromatic rings. The third-order valence-electron chi connectivity index (χ3n) is 4.16. The molecule has 0 aliphatic heterocycles. The van der Waals surface area contributed by atoms with E-state index in [0.717, 1.165) is 11.1 Å². The number of carbonyl (C=O) groups excluding carboxylic acids is 2. The van der Waals surface area contributed by atoms with Gasteiger partial charge < -0.3 is 15.7 Å². The van der Waals surface area contributed by atoms with Crippen molar-refractivity contribution in [3.05, 3.63) is 64.7 Å². The molecule has 0 aliphatic rings. The van der Waals surface area contributed by atoms with Crippen LogP contribution in [0.4, 0.5) is 5.69 Å². The summed E-state index contributed by atoms with van der Waals surface area (Å²) in [5.74, 6) is -1.30. The summed E-state index contributed by atoms with van der Waals surface area (Å²) in [6.45, 7) is 2.28. The van der Waals surface area contributed by atoms with Gasteiger partial charge in [-0.3, -0.25) is 9.59 Å². The van der Waals surface area contributed by atoms with Gasteiger partial charge >= 0.3 is 11.8 Å². The monoisotopic (exact) mass is 374 g/mol. The van der Waals surface area contributed by atoms with E-state index in [9.17, 15) is 14.7 Å². The topological polar surface area (TPSA) is 78.4 Å². The van der Waals surface area contributed by atoms with Crippen LogP contribution in [0, 0.1) is 6.92 Å². The summed E-state index contributed by atoms with van der Waals surface area (Å²) in [5.41, 5.74) is 2.47. The number of anilines is 1. The van der Waals surface area contributed by atoms with Gasteiger partial charge in [-0.2, -0.15) is 0 Å². The minimum absolute atomic E-state index is 0.0716. The number of amides is 2.